The van der Waals surface area contributed by atoms with E-state index in [9.17, 15) is 9.35 Å². The van der Waals surface area contributed by atoms with Crippen LogP contribution in [0.15, 0.2) is 59.5 Å². The lowest BCUT2D eigenvalue weighted by molar-refractivity contribution is -0.117. The first-order chi connectivity index (χ1) is 11.1. The monoisotopic (exact) mass is 332 g/mol. The zero-order valence-corrected chi connectivity index (χ0v) is 13.7. The number of hydrogen-bond acceptors (Lipinski definition) is 4. The third kappa shape index (κ3) is 5.28. The lowest BCUT2D eigenvalue weighted by Gasteiger charge is -2.15. The lowest BCUT2D eigenvalue weighted by atomic mass is 10.2. The van der Waals surface area contributed by atoms with E-state index in [0.29, 0.717) is 28.5 Å². The van der Waals surface area contributed by atoms with Crippen molar-refractivity contribution in [1.29, 1.82) is 0 Å². The summed E-state index contributed by atoms with van der Waals surface area (Å²) in [5, 5.41) is 2.74. The highest BCUT2D eigenvalue weighted by Gasteiger charge is 2.18. The number of methoxy groups -OCH3 is 1. The van der Waals surface area contributed by atoms with Gasteiger partial charge in [-0.2, -0.15) is 0 Å². The van der Waals surface area contributed by atoms with Crippen LogP contribution in [0.5, 0.6) is 5.75 Å². The maximum absolute atomic E-state index is 12.2. The Balaban J connectivity index is 1.82. The molecule has 2 rings (SSSR count). The van der Waals surface area contributed by atoms with Crippen LogP contribution in [0, 0.1) is 0 Å². The standard InChI is InChI=1S/C17H20N2O3S/c1-22-14-7-9-15(10-8-14)23(21)12-11-16(18)17(20)19-13-5-3-2-4-6-13/h2-10,16H,11-12,18H2,1H3,(H,19,20). The van der Waals surface area contributed by atoms with Gasteiger partial charge in [0.2, 0.25) is 5.91 Å². The molecule has 6 heteroatoms. The van der Waals surface area contributed by atoms with Crippen molar-refractivity contribution >= 4 is 22.8 Å². The van der Waals surface area contributed by atoms with E-state index in [-0.39, 0.29) is 5.91 Å². The number of nitrogens with two attached hydrogens (primary N) is 1. The summed E-state index contributed by atoms with van der Waals surface area (Å²) in [6.07, 6.45) is 0.345. The Kier molecular flexibility index (Phi) is 6.46. The van der Waals surface area contributed by atoms with Gasteiger partial charge >= 0.3 is 0 Å². The van der Waals surface area contributed by atoms with Crippen molar-refractivity contribution in [2.75, 3.05) is 18.2 Å². The Morgan fingerprint density at radius 2 is 1.87 bits per heavy atom. The number of anilines is 1. The molecule has 122 valence electrons. The van der Waals surface area contributed by atoms with Gasteiger partial charge in [0, 0.05) is 12.1 Å². The van der Waals surface area contributed by atoms with Crippen LogP contribution in [-0.2, 0) is 16.0 Å². The fraction of sp³-hybridized carbons (Fsp3) is 0.235. The normalized spacial score (nSPS) is 13.2. The van der Waals surface area contributed by atoms with Gasteiger partial charge in [-0.15, -0.1) is 0 Å². The smallest absolute Gasteiger partial charge is 0.241 e. The van der Waals surface area contributed by atoms with Crippen LogP contribution in [0.4, 0.5) is 5.69 Å². The van der Waals surface area contributed by atoms with Crippen molar-refractivity contribution in [3.05, 3.63) is 54.6 Å². The average molecular weight is 332 g/mol. The molecule has 0 spiro atoms. The number of carbonyl (C=O) groups excluding carboxylic acids is 1. The minimum atomic E-state index is -1.19. The fourth-order valence-electron chi connectivity index (χ4n) is 1.97. The zero-order valence-electron chi connectivity index (χ0n) is 12.9. The summed E-state index contributed by atoms with van der Waals surface area (Å²) < 4.78 is 17.3. The third-order valence-electron chi connectivity index (χ3n) is 3.31. The van der Waals surface area contributed by atoms with Crippen molar-refractivity contribution in [3.8, 4) is 5.75 Å². The summed E-state index contributed by atoms with van der Waals surface area (Å²) in [5.74, 6) is 0.767. The van der Waals surface area contributed by atoms with Gasteiger partial charge in [0.15, 0.2) is 4.90 Å². The molecule has 0 aliphatic carbocycles. The van der Waals surface area contributed by atoms with Crippen LogP contribution >= 0.6 is 0 Å². The molecule has 0 aliphatic heterocycles. The molecule has 0 bridgehead atoms. The Morgan fingerprint density at radius 3 is 2.48 bits per heavy atom. The molecule has 3 N–H and O–H groups in total. The van der Waals surface area contributed by atoms with Gasteiger partial charge in [0.25, 0.3) is 0 Å². The van der Waals surface area contributed by atoms with E-state index in [1.165, 1.54) is 0 Å². The van der Waals surface area contributed by atoms with Crippen LogP contribution in [-0.4, -0.2) is 29.4 Å². The van der Waals surface area contributed by atoms with E-state index in [1.54, 1.807) is 43.5 Å². The molecule has 0 heterocycles. The summed E-state index contributed by atoms with van der Waals surface area (Å²) in [7, 11) is 1.58. The summed E-state index contributed by atoms with van der Waals surface area (Å²) in [6.45, 7) is 0. The van der Waals surface area contributed by atoms with Gasteiger partial charge in [-0.1, -0.05) is 18.2 Å². The maximum Gasteiger partial charge on any atom is 0.241 e. The Bertz CT molecular complexity index is 619. The van der Waals surface area contributed by atoms with Crippen LogP contribution in [0.2, 0.25) is 0 Å². The second kappa shape index (κ2) is 8.57. The van der Waals surface area contributed by atoms with Crippen LogP contribution in [0.1, 0.15) is 6.42 Å². The van der Waals surface area contributed by atoms with Crippen LogP contribution in [0.3, 0.4) is 0 Å². The minimum absolute atomic E-state index is 0.275. The summed E-state index contributed by atoms with van der Waals surface area (Å²) in [6, 6.07) is 15.4. The SMILES string of the molecule is COc1ccc([S+]([O-])CCC(N)C(=O)Nc2ccccc2)cc1. The van der Waals surface area contributed by atoms with Crippen LogP contribution in [0.25, 0.3) is 0 Å². The highest BCUT2D eigenvalue weighted by Crippen LogP contribution is 2.17. The predicted octanol–water partition coefficient (Wildman–Crippen LogP) is 2.16. The number of para-hydroxylation sites is 1. The van der Waals surface area contributed by atoms with E-state index in [0.717, 1.165) is 0 Å². The van der Waals surface area contributed by atoms with E-state index in [1.807, 2.05) is 18.2 Å². The maximum atomic E-state index is 12.2. The van der Waals surface area contributed by atoms with Crippen LogP contribution < -0.4 is 15.8 Å². The Morgan fingerprint density at radius 1 is 1.22 bits per heavy atom. The zero-order chi connectivity index (χ0) is 16.7. The minimum Gasteiger partial charge on any atom is -0.611 e. The Labute approximate surface area is 139 Å². The first-order valence-electron chi connectivity index (χ1n) is 7.24. The fourth-order valence-corrected chi connectivity index (χ4v) is 3.11. The molecule has 0 saturated heterocycles. The second-order valence-corrected chi connectivity index (χ2v) is 6.55. The molecule has 1 amide bonds. The molecule has 0 fully saturated rings. The molecular weight excluding hydrogens is 312 g/mol. The summed E-state index contributed by atoms with van der Waals surface area (Å²) in [4.78, 5) is 12.7. The van der Waals surface area contributed by atoms with Gasteiger partial charge < -0.3 is 20.3 Å². The molecule has 0 aromatic heterocycles. The van der Waals surface area contributed by atoms with Crippen molar-refractivity contribution in [1.82, 2.24) is 0 Å². The number of carbonyl (C=O) groups is 1. The van der Waals surface area contributed by atoms with Gasteiger partial charge in [-0.25, -0.2) is 0 Å². The first-order valence-corrected chi connectivity index (χ1v) is 8.56. The molecule has 2 unspecified atom stereocenters. The molecule has 0 aliphatic rings. The van der Waals surface area contributed by atoms with E-state index < -0.39 is 17.2 Å². The predicted molar refractivity (Wildman–Crippen MR) is 91.9 cm³/mol. The number of hydrogen-bond donors (Lipinski definition) is 2. The summed E-state index contributed by atoms with van der Waals surface area (Å²) in [5.41, 5.74) is 6.57. The molecule has 0 radical (unpaired) electrons. The van der Waals surface area contributed by atoms with E-state index >= 15 is 0 Å². The average Bonchev–Trinajstić information content (AvgIpc) is 2.60. The second-order valence-electron chi connectivity index (χ2n) is 4.98. The number of benzene rings is 2. The number of amides is 1. The molecule has 0 saturated carbocycles. The summed E-state index contributed by atoms with van der Waals surface area (Å²) >= 11 is -1.19. The van der Waals surface area contributed by atoms with Crippen molar-refractivity contribution < 1.29 is 14.1 Å². The molecule has 5 nitrogen and oxygen atoms in total. The third-order valence-corrected chi connectivity index (χ3v) is 4.72. The van der Waals surface area contributed by atoms with Crippen molar-refractivity contribution in [2.45, 2.75) is 17.4 Å². The number of nitrogens with one attached hydrogen (secondary N) is 1. The largest absolute Gasteiger partial charge is 0.611 e. The topological polar surface area (TPSA) is 87.4 Å². The first kappa shape index (κ1) is 17.3. The number of ether oxygens (including phenoxy) is 1. The highest BCUT2D eigenvalue weighted by atomic mass is 32.2. The lowest BCUT2D eigenvalue weighted by Crippen LogP contribution is -2.37. The Hall–Kier alpha value is -2.02. The van der Waals surface area contributed by atoms with Gasteiger partial charge in [0.1, 0.15) is 11.5 Å². The molecule has 2 atom stereocenters. The van der Waals surface area contributed by atoms with Gasteiger partial charge in [-0.05, 0) is 47.6 Å². The van der Waals surface area contributed by atoms with Crippen molar-refractivity contribution in [2.24, 2.45) is 5.73 Å². The van der Waals surface area contributed by atoms with Gasteiger partial charge in [0.05, 0.1) is 13.2 Å². The van der Waals surface area contributed by atoms with Gasteiger partial charge in [-0.3, -0.25) is 4.79 Å². The van der Waals surface area contributed by atoms with E-state index in [2.05, 4.69) is 5.32 Å². The molecule has 2 aromatic carbocycles. The van der Waals surface area contributed by atoms with E-state index in [4.69, 9.17) is 10.5 Å². The highest BCUT2D eigenvalue weighted by molar-refractivity contribution is 7.91. The quantitative estimate of drug-likeness (QED) is 0.761. The number of rotatable bonds is 7. The molecule has 2 aromatic rings. The molecular formula is C17H20N2O3S. The molecule has 23 heavy (non-hydrogen) atoms. The van der Waals surface area contributed by atoms with Crippen molar-refractivity contribution in [3.63, 3.8) is 0 Å².